The van der Waals surface area contributed by atoms with Gasteiger partial charge in [-0.2, -0.15) is 4.98 Å². The molecule has 0 spiro atoms. The van der Waals surface area contributed by atoms with Crippen LogP contribution in [0.4, 0.5) is 11.8 Å². The second-order valence-corrected chi connectivity index (χ2v) is 3.67. The van der Waals surface area contributed by atoms with E-state index >= 15 is 0 Å². The van der Waals surface area contributed by atoms with Gasteiger partial charge in [-0.25, -0.2) is 4.98 Å². The Labute approximate surface area is 100 Å². The summed E-state index contributed by atoms with van der Waals surface area (Å²) in [5.74, 6) is 1.42. The number of nitrogens with one attached hydrogen (secondary N) is 2. The lowest BCUT2D eigenvalue weighted by Gasteiger charge is -2.08. The average molecular weight is 229 g/mol. The molecule has 5 heteroatoms. The van der Waals surface area contributed by atoms with E-state index in [-0.39, 0.29) is 0 Å². The van der Waals surface area contributed by atoms with Crippen molar-refractivity contribution in [2.75, 3.05) is 17.7 Å². The van der Waals surface area contributed by atoms with Gasteiger partial charge in [0, 0.05) is 32.2 Å². The highest BCUT2D eigenvalue weighted by Crippen LogP contribution is 2.09. The zero-order valence-electron chi connectivity index (χ0n) is 9.94. The van der Waals surface area contributed by atoms with Gasteiger partial charge in [-0.15, -0.1) is 0 Å². The number of hydrogen-bond donors (Lipinski definition) is 2. The van der Waals surface area contributed by atoms with Crippen molar-refractivity contribution in [1.82, 2.24) is 15.0 Å². The van der Waals surface area contributed by atoms with Gasteiger partial charge in [-0.3, -0.25) is 4.98 Å². The van der Waals surface area contributed by atoms with Crippen molar-refractivity contribution in [2.24, 2.45) is 0 Å². The zero-order chi connectivity index (χ0) is 12.1. The Morgan fingerprint density at radius 3 is 2.88 bits per heavy atom. The third-order valence-corrected chi connectivity index (χ3v) is 2.48. The van der Waals surface area contributed by atoms with Crippen LogP contribution in [0, 0.1) is 6.92 Å². The smallest absolute Gasteiger partial charge is 0.224 e. The van der Waals surface area contributed by atoms with Crippen molar-refractivity contribution in [3.8, 4) is 0 Å². The summed E-state index contributed by atoms with van der Waals surface area (Å²) in [7, 11) is 1.80. The molecule has 0 bridgehead atoms. The Bertz CT molecular complexity index is 498. The molecule has 0 atom stereocenters. The monoisotopic (exact) mass is 229 g/mol. The van der Waals surface area contributed by atoms with Crippen LogP contribution < -0.4 is 10.6 Å². The molecule has 0 aliphatic rings. The van der Waals surface area contributed by atoms with Gasteiger partial charge in [-0.05, 0) is 30.2 Å². The van der Waals surface area contributed by atoms with E-state index in [0.29, 0.717) is 5.95 Å². The summed E-state index contributed by atoms with van der Waals surface area (Å²) in [4.78, 5) is 12.4. The number of nitrogens with zero attached hydrogens (tertiary/aromatic N) is 3. The second-order valence-electron chi connectivity index (χ2n) is 3.67. The van der Waals surface area contributed by atoms with E-state index in [1.807, 2.05) is 25.3 Å². The molecule has 0 fully saturated rings. The molecule has 0 radical (unpaired) electrons. The highest BCUT2D eigenvalue weighted by Gasteiger charge is 1.99. The lowest BCUT2D eigenvalue weighted by atomic mass is 10.1. The van der Waals surface area contributed by atoms with Crippen molar-refractivity contribution in [1.29, 1.82) is 0 Å². The number of rotatable bonds is 4. The first-order valence-electron chi connectivity index (χ1n) is 5.44. The van der Waals surface area contributed by atoms with Crippen molar-refractivity contribution >= 4 is 11.8 Å². The van der Waals surface area contributed by atoms with Gasteiger partial charge < -0.3 is 10.6 Å². The molecule has 2 aromatic heterocycles. The van der Waals surface area contributed by atoms with Crippen molar-refractivity contribution < 1.29 is 0 Å². The van der Waals surface area contributed by atoms with E-state index in [9.17, 15) is 0 Å². The van der Waals surface area contributed by atoms with Crippen LogP contribution in [-0.2, 0) is 6.54 Å². The van der Waals surface area contributed by atoms with Crippen LogP contribution in [0.25, 0.3) is 0 Å². The Kier molecular flexibility index (Phi) is 3.49. The molecule has 0 saturated carbocycles. The van der Waals surface area contributed by atoms with Gasteiger partial charge in [0.15, 0.2) is 0 Å². The van der Waals surface area contributed by atoms with Crippen LogP contribution in [-0.4, -0.2) is 22.0 Å². The van der Waals surface area contributed by atoms with Crippen molar-refractivity contribution in [2.45, 2.75) is 13.5 Å². The lowest BCUT2D eigenvalue weighted by molar-refractivity contribution is 1.05. The summed E-state index contributed by atoms with van der Waals surface area (Å²) < 4.78 is 0. The number of aryl methyl sites for hydroxylation is 1. The fourth-order valence-corrected chi connectivity index (χ4v) is 1.46. The highest BCUT2D eigenvalue weighted by atomic mass is 15.1. The summed E-state index contributed by atoms with van der Waals surface area (Å²) in [6.45, 7) is 2.78. The summed E-state index contributed by atoms with van der Waals surface area (Å²) in [5, 5.41) is 6.16. The van der Waals surface area contributed by atoms with Crippen LogP contribution in [0.3, 0.4) is 0 Å². The first-order chi connectivity index (χ1) is 8.29. The van der Waals surface area contributed by atoms with Crippen molar-refractivity contribution in [3.05, 3.63) is 41.9 Å². The minimum atomic E-state index is 0.612. The van der Waals surface area contributed by atoms with Crippen LogP contribution in [0.5, 0.6) is 0 Å². The van der Waals surface area contributed by atoms with Crippen molar-refractivity contribution in [3.63, 3.8) is 0 Å². The highest BCUT2D eigenvalue weighted by molar-refractivity contribution is 5.40. The maximum absolute atomic E-state index is 4.29. The molecule has 0 aliphatic carbocycles. The Morgan fingerprint density at radius 1 is 1.24 bits per heavy atom. The molecule has 0 amide bonds. The average Bonchev–Trinajstić information content (AvgIpc) is 2.38. The van der Waals surface area contributed by atoms with Gasteiger partial charge in [0.25, 0.3) is 0 Å². The predicted molar refractivity (Wildman–Crippen MR) is 67.9 cm³/mol. The quantitative estimate of drug-likeness (QED) is 0.837. The number of hydrogen-bond acceptors (Lipinski definition) is 5. The van der Waals surface area contributed by atoms with E-state index in [2.05, 4.69) is 25.6 Å². The molecular formula is C12H15N5. The van der Waals surface area contributed by atoms with Gasteiger partial charge in [0.1, 0.15) is 5.82 Å². The van der Waals surface area contributed by atoms with E-state index in [0.717, 1.165) is 12.4 Å². The molecule has 0 unspecified atom stereocenters. The van der Waals surface area contributed by atoms with Gasteiger partial charge in [0.2, 0.25) is 5.95 Å². The standard InChI is InChI=1S/C12H15N5/c1-9-7-14-5-3-10(9)8-16-11-4-6-15-12(13-2)17-11/h3-7H,8H2,1-2H3,(H2,13,15,16,17). The van der Waals surface area contributed by atoms with E-state index in [1.165, 1.54) is 11.1 Å². The van der Waals surface area contributed by atoms with E-state index in [4.69, 9.17) is 0 Å². The molecule has 0 saturated heterocycles. The molecule has 0 aliphatic heterocycles. The summed E-state index contributed by atoms with van der Waals surface area (Å²) >= 11 is 0. The van der Waals surface area contributed by atoms with E-state index < -0.39 is 0 Å². The lowest BCUT2D eigenvalue weighted by Crippen LogP contribution is -2.05. The van der Waals surface area contributed by atoms with E-state index in [1.54, 1.807) is 19.4 Å². The number of pyridine rings is 1. The summed E-state index contributed by atoms with van der Waals surface area (Å²) in [6, 6.07) is 3.85. The van der Waals surface area contributed by atoms with Crippen LogP contribution in [0.2, 0.25) is 0 Å². The predicted octanol–water partition coefficient (Wildman–Crippen LogP) is 1.83. The molecule has 2 aromatic rings. The van der Waals surface area contributed by atoms with Crippen LogP contribution in [0.1, 0.15) is 11.1 Å². The fourth-order valence-electron chi connectivity index (χ4n) is 1.46. The summed E-state index contributed by atoms with van der Waals surface area (Å²) in [5.41, 5.74) is 2.38. The van der Waals surface area contributed by atoms with Crippen LogP contribution >= 0.6 is 0 Å². The molecule has 5 nitrogen and oxygen atoms in total. The fraction of sp³-hybridized carbons (Fsp3) is 0.250. The molecule has 17 heavy (non-hydrogen) atoms. The van der Waals surface area contributed by atoms with Gasteiger partial charge in [-0.1, -0.05) is 0 Å². The Balaban J connectivity index is 2.05. The first-order valence-corrected chi connectivity index (χ1v) is 5.44. The normalized spacial score (nSPS) is 10.0. The zero-order valence-corrected chi connectivity index (χ0v) is 9.94. The van der Waals surface area contributed by atoms with Crippen LogP contribution in [0.15, 0.2) is 30.7 Å². The number of anilines is 2. The maximum atomic E-state index is 4.29. The van der Waals surface area contributed by atoms with Gasteiger partial charge >= 0.3 is 0 Å². The Morgan fingerprint density at radius 2 is 2.12 bits per heavy atom. The largest absolute Gasteiger partial charge is 0.366 e. The molecule has 0 aromatic carbocycles. The second kappa shape index (κ2) is 5.25. The third kappa shape index (κ3) is 2.90. The molecule has 2 heterocycles. The first kappa shape index (κ1) is 11.3. The third-order valence-electron chi connectivity index (χ3n) is 2.48. The Hall–Kier alpha value is -2.17. The molecule has 88 valence electrons. The maximum Gasteiger partial charge on any atom is 0.224 e. The minimum Gasteiger partial charge on any atom is -0.366 e. The molecule has 2 N–H and O–H groups in total. The SMILES string of the molecule is CNc1nccc(NCc2ccncc2C)n1. The topological polar surface area (TPSA) is 62.7 Å². The van der Waals surface area contributed by atoms with Gasteiger partial charge in [0.05, 0.1) is 0 Å². The minimum absolute atomic E-state index is 0.612. The molecule has 2 rings (SSSR count). The summed E-state index contributed by atoms with van der Waals surface area (Å²) in [6.07, 6.45) is 5.37. The molecular weight excluding hydrogens is 214 g/mol. The number of aromatic nitrogens is 3.